The third-order valence-electron chi connectivity index (χ3n) is 3.79. The molecule has 0 radical (unpaired) electrons. The molecule has 0 saturated carbocycles. The van der Waals surface area contributed by atoms with Gasteiger partial charge in [0.1, 0.15) is 11.6 Å². The van der Waals surface area contributed by atoms with Gasteiger partial charge in [-0.2, -0.15) is 0 Å². The number of methoxy groups -OCH3 is 1. The Morgan fingerprint density at radius 2 is 1.83 bits per heavy atom. The van der Waals surface area contributed by atoms with Gasteiger partial charge in [0, 0.05) is 0 Å². The molecule has 2 atom stereocenters. The minimum Gasteiger partial charge on any atom is -0.467 e. The Kier molecular flexibility index (Phi) is 5.11. The summed E-state index contributed by atoms with van der Waals surface area (Å²) in [5.41, 5.74) is -0.343. The fraction of sp³-hybridized carbons (Fsp3) is 0.529. The third kappa shape index (κ3) is 3.83. The van der Waals surface area contributed by atoms with E-state index in [4.69, 9.17) is 9.47 Å². The fourth-order valence-corrected chi connectivity index (χ4v) is 2.79. The largest absolute Gasteiger partial charge is 0.467 e. The van der Waals surface area contributed by atoms with Crippen LogP contribution in [0, 0.1) is 11.6 Å². The highest BCUT2D eigenvalue weighted by Crippen LogP contribution is 2.38. The van der Waals surface area contributed by atoms with E-state index in [9.17, 15) is 18.4 Å². The summed E-state index contributed by atoms with van der Waals surface area (Å²) in [6.45, 7) is 5.13. The Labute approximate surface area is 139 Å². The molecule has 1 amide bonds. The highest BCUT2D eigenvalue weighted by atomic mass is 19.2. The number of carbonyl (C=O) groups is 2. The Balaban J connectivity index is 2.36. The van der Waals surface area contributed by atoms with Crippen molar-refractivity contribution in [2.45, 2.75) is 51.3 Å². The van der Waals surface area contributed by atoms with Crippen molar-refractivity contribution in [2.24, 2.45) is 0 Å². The van der Waals surface area contributed by atoms with Gasteiger partial charge >= 0.3 is 12.1 Å². The first-order valence-electron chi connectivity index (χ1n) is 7.68. The average molecular weight is 341 g/mol. The molecule has 0 N–H and O–H groups in total. The van der Waals surface area contributed by atoms with E-state index < -0.39 is 41.4 Å². The van der Waals surface area contributed by atoms with Crippen LogP contribution in [0.3, 0.4) is 0 Å². The van der Waals surface area contributed by atoms with E-state index >= 15 is 0 Å². The zero-order valence-corrected chi connectivity index (χ0v) is 14.1. The van der Waals surface area contributed by atoms with Crippen LogP contribution in [0.25, 0.3) is 0 Å². The molecule has 1 aliphatic heterocycles. The van der Waals surface area contributed by atoms with Crippen LogP contribution in [0.4, 0.5) is 13.6 Å². The van der Waals surface area contributed by atoms with Gasteiger partial charge in [0.05, 0.1) is 13.2 Å². The zero-order chi connectivity index (χ0) is 18.1. The minimum absolute atomic E-state index is 0.357. The molecule has 1 heterocycles. The maximum Gasteiger partial charge on any atom is 0.411 e. The molecule has 0 aromatic heterocycles. The van der Waals surface area contributed by atoms with Gasteiger partial charge in [0.2, 0.25) is 0 Å². The number of likely N-dealkylation sites (tertiary alicyclic amines) is 1. The van der Waals surface area contributed by atoms with Gasteiger partial charge in [-0.3, -0.25) is 4.90 Å². The first-order valence-corrected chi connectivity index (χ1v) is 7.68. The van der Waals surface area contributed by atoms with Crippen molar-refractivity contribution < 1.29 is 27.8 Å². The van der Waals surface area contributed by atoms with Gasteiger partial charge in [0.15, 0.2) is 11.6 Å². The quantitative estimate of drug-likeness (QED) is 0.772. The lowest BCUT2D eigenvalue weighted by molar-refractivity contribution is -0.146. The van der Waals surface area contributed by atoms with Crippen LogP contribution in [0.1, 0.15) is 45.2 Å². The number of hydrogen-bond acceptors (Lipinski definition) is 4. The van der Waals surface area contributed by atoms with Gasteiger partial charge in [-0.05, 0) is 51.3 Å². The van der Waals surface area contributed by atoms with Crippen molar-refractivity contribution in [3.63, 3.8) is 0 Å². The van der Waals surface area contributed by atoms with Crippen molar-refractivity contribution in [3.8, 4) is 0 Å². The average Bonchev–Trinajstić information content (AvgIpc) is 2.92. The molecule has 1 fully saturated rings. The maximum atomic E-state index is 13.6. The molecule has 1 aromatic carbocycles. The first-order chi connectivity index (χ1) is 11.1. The van der Waals surface area contributed by atoms with E-state index in [-0.39, 0.29) is 0 Å². The van der Waals surface area contributed by atoms with Crippen molar-refractivity contribution >= 4 is 12.1 Å². The van der Waals surface area contributed by atoms with E-state index in [0.717, 1.165) is 12.1 Å². The monoisotopic (exact) mass is 341 g/mol. The van der Waals surface area contributed by atoms with Crippen molar-refractivity contribution in [1.82, 2.24) is 4.90 Å². The summed E-state index contributed by atoms with van der Waals surface area (Å²) in [4.78, 5) is 25.8. The highest BCUT2D eigenvalue weighted by molar-refractivity contribution is 5.82. The summed E-state index contributed by atoms with van der Waals surface area (Å²) >= 11 is 0. The number of esters is 1. The summed E-state index contributed by atoms with van der Waals surface area (Å²) in [7, 11) is 1.24. The number of halogens is 2. The summed E-state index contributed by atoms with van der Waals surface area (Å²) in [6.07, 6.45) is 0.0877. The van der Waals surface area contributed by atoms with E-state index in [1.165, 1.54) is 18.1 Å². The topological polar surface area (TPSA) is 55.8 Å². The minimum atomic E-state index is -1.00. The van der Waals surface area contributed by atoms with Crippen molar-refractivity contribution in [1.29, 1.82) is 0 Å². The van der Waals surface area contributed by atoms with Crippen molar-refractivity contribution in [3.05, 3.63) is 35.4 Å². The molecule has 2 rings (SSSR count). The Bertz CT molecular complexity index is 642. The van der Waals surface area contributed by atoms with Gasteiger partial charge in [0.25, 0.3) is 0 Å². The van der Waals surface area contributed by atoms with E-state index in [1.54, 1.807) is 20.8 Å². The predicted molar refractivity (Wildman–Crippen MR) is 82.2 cm³/mol. The molecule has 1 aliphatic rings. The molecule has 0 bridgehead atoms. The Hall–Kier alpha value is -2.18. The molecule has 0 spiro atoms. The lowest BCUT2D eigenvalue weighted by atomic mass is 10.0. The summed E-state index contributed by atoms with van der Waals surface area (Å²) < 4.78 is 36.8. The number of rotatable bonds is 2. The zero-order valence-electron chi connectivity index (χ0n) is 14.1. The Morgan fingerprint density at radius 3 is 2.38 bits per heavy atom. The molecular weight excluding hydrogens is 320 g/mol. The molecule has 0 aliphatic carbocycles. The molecule has 7 heteroatoms. The van der Waals surface area contributed by atoms with Crippen molar-refractivity contribution in [2.75, 3.05) is 7.11 Å². The van der Waals surface area contributed by atoms with Crippen LogP contribution >= 0.6 is 0 Å². The second-order valence-electron chi connectivity index (χ2n) is 6.69. The lowest BCUT2D eigenvalue weighted by Gasteiger charge is -2.31. The number of nitrogens with zero attached hydrogens (tertiary/aromatic N) is 1. The van der Waals surface area contributed by atoms with E-state index in [0.29, 0.717) is 18.4 Å². The van der Waals surface area contributed by atoms with E-state index in [2.05, 4.69) is 0 Å². The molecule has 24 heavy (non-hydrogen) atoms. The molecule has 132 valence electrons. The standard InChI is InChI=1S/C17H21F2NO4/c1-17(2,3)24-16(22)20-13(7-8-14(20)15(21)23-4)10-5-6-11(18)12(19)9-10/h5-6,9,13-14H,7-8H2,1-4H3/t13-,14+/m1/s1. The van der Waals surface area contributed by atoms with Gasteiger partial charge in [-0.25, -0.2) is 18.4 Å². The second kappa shape index (κ2) is 6.75. The number of benzene rings is 1. The molecule has 1 saturated heterocycles. The normalized spacial score (nSPS) is 20.8. The van der Waals surface area contributed by atoms with E-state index in [1.807, 2.05) is 0 Å². The molecule has 1 aromatic rings. The van der Waals surface area contributed by atoms with Crippen LogP contribution in [-0.4, -0.2) is 35.7 Å². The fourth-order valence-electron chi connectivity index (χ4n) is 2.79. The number of carbonyl (C=O) groups excluding carboxylic acids is 2. The molecule has 0 unspecified atom stereocenters. The summed E-state index contributed by atoms with van der Waals surface area (Å²) in [5.74, 6) is -2.53. The highest BCUT2D eigenvalue weighted by Gasteiger charge is 2.44. The van der Waals surface area contributed by atoms with Gasteiger partial charge in [-0.15, -0.1) is 0 Å². The predicted octanol–water partition coefficient (Wildman–Crippen LogP) is 3.58. The maximum absolute atomic E-state index is 13.6. The number of amides is 1. The second-order valence-corrected chi connectivity index (χ2v) is 6.69. The smallest absolute Gasteiger partial charge is 0.411 e. The van der Waals surface area contributed by atoms with Crippen LogP contribution in [-0.2, 0) is 14.3 Å². The summed E-state index contributed by atoms with van der Waals surface area (Å²) in [6, 6.07) is 2.04. The van der Waals surface area contributed by atoms with Crippen LogP contribution < -0.4 is 0 Å². The lowest BCUT2D eigenvalue weighted by Crippen LogP contribution is -2.44. The van der Waals surface area contributed by atoms with Crippen LogP contribution in [0.15, 0.2) is 18.2 Å². The Morgan fingerprint density at radius 1 is 1.17 bits per heavy atom. The van der Waals surface area contributed by atoms with Gasteiger partial charge < -0.3 is 9.47 Å². The third-order valence-corrected chi connectivity index (χ3v) is 3.79. The summed E-state index contributed by atoms with van der Waals surface area (Å²) in [5, 5.41) is 0. The molecular formula is C17H21F2NO4. The SMILES string of the molecule is COC(=O)[C@@H]1CC[C@H](c2ccc(F)c(F)c2)N1C(=O)OC(C)(C)C. The number of ether oxygens (including phenoxy) is 2. The van der Waals surface area contributed by atoms with Gasteiger partial charge in [-0.1, -0.05) is 6.07 Å². The van der Waals surface area contributed by atoms with Crippen LogP contribution in [0.2, 0.25) is 0 Å². The van der Waals surface area contributed by atoms with Crippen LogP contribution in [0.5, 0.6) is 0 Å². The molecule has 5 nitrogen and oxygen atoms in total. The first kappa shape index (κ1) is 18.2. The number of hydrogen-bond donors (Lipinski definition) is 0.